The zero-order valence-electron chi connectivity index (χ0n) is 11.3. The molecule has 1 saturated carbocycles. The van der Waals surface area contributed by atoms with Crippen molar-refractivity contribution in [3.63, 3.8) is 0 Å². The van der Waals surface area contributed by atoms with E-state index in [0.29, 0.717) is 19.6 Å². The zero-order valence-corrected chi connectivity index (χ0v) is 12.9. The van der Waals surface area contributed by atoms with Gasteiger partial charge in [0, 0.05) is 5.41 Å². The highest BCUT2D eigenvalue weighted by Crippen LogP contribution is 2.50. The molecule has 1 aromatic rings. The van der Waals surface area contributed by atoms with Gasteiger partial charge in [-0.3, -0.25) is 4.79 Å². The van der Waals surface area contributed by atoms with E-state index in [1.54, 1.807) is 6.92 Å². The normalized spacial score (nSPS) is 20.3. The van der Waals surface area contributed by atoms with Crippen LogP contribution in [0.3, 0.4) is 0 Å². The van der Waals surface area contributed by atoms with Gasteiger partial charge in [-0.2, -0.15) is 0 Å². The highest BCUT2D eigenvalue weighted by molar-refractivity contribution is 9.10. The van der Waals surface area contributed by atoms with Crippen LogP contribution in [0.4, 0.5) is 0 Å². The van der Waals surface area contributed by atoms with Crippen LogP contribution in [0.15, 0.2) is 16.6 Å². The summed E-state index contributed by atoms with van der Waals surface area (Å²) in [5.74, 6) is 0.253. The maximum absolute atomic E-state index is 11.0. The number of benzene rings is 1. The minimum absolute atomic E-state index is 0.201. The van der Waals surface area contributed by atoms with E-state index in [2.05, 4.69) is 15.9 Å². The Morgan fingerprint density at radius 2 is 2.10 bits per heavy atom. The summed E-state index contributed by atoms with van der Waals surface area (Å²) < 4.78 is 12.6. The molecule has 1 unspecified atom stereocenters. The number of aliphatic carboxylic acids is 1. The molecule has 2 aliphatic rings. The third-order valence-electron chi connectivity index (χ3n) is 4.05. The van der Waals surface area contributed by atoms with Crippen LogP contribution < -0.4 is 9.47 Å². The number of rotatable bonds is 3. The molecule has 0 radical (unpaired) electrons. The molecular weight excluding hydrogens is 324 g/mol. The second-order valence-electron chi connectivity index (χ2n) is 5.93. The number of fused-ring (bicyclic) bond motifs is 1. The van der Waals surface area contributed by atoms with Crippen LogP contribution in [0.2, 0.25) is 0 Å². The van der Waals surface area contributed by atoms with Crippen LogP contribution in [0.25, 0.3) is 0 Å². The van der Waals surface area contributed by atoms with Crippen LogP contribution in [-0.4, -0.2) is 24.3 Å². The molecular formula is C15H17BrO4. The first-order chi connectivity index (χ1) is 9.49. The van der Waals surface area contributed by atoms with Crippen LogP contribution >= 0.6 is 15.9 Å². The van der Waals surface area contributed by atoms with Crippen molar-refractivity contribution in [1.29, 1.82) is 0 Å². The molecule has 0 saturated heterocycles. The predicted molar refractivity (Wildman–Crippen MR) is 77.3 cm³/mol. The van der Waals surface area contributed by atoms with Gasteiger partial charge in [0.15, 0.2) is 11.5 Å². The van der Waals surface area contributed by atoms with Gasteiger partial charge in [0.25, 0.3) is 0 Å². The maximum atomic E-state index is 11.0. The van der Waals surface area contributed by atoms with Gasteiger partial charge in [0.05, 0.1) is 23.6 Å². The van der Waals surface area contributed by atoms with Gasteiger partial charge in [0.2, 0.25) is 0 Å². The van der Waals surface area contributed by atoms with E-state index >= 15 is 0 Å². The lowest BCUT2D eigenvalue weighted by atomic mass is 10.0. The van der Waals surface area contributed by atoms with E-state index in [4.69, 9.17) is 14.6 Å². The molecule has 1 spiro atoms. The second kappa shape index (κ2) is 4.95. The standard InChI is InChI=1S/C15H17BrO4/c1-9(14(17)18)4-10-5-11(16)13-12(6-10)19-7-15(2-3-15)8-20-13/h5-6,9H,2-4,7-8H2,1H3,(H,17,18). The van der Waals surface area contributed by atoms with Gasteiger partial charge in [-0.15, -0.1) is 0 Å². The molecule has 0 aromatic heterocycles. The second-order valence-corrected chi connectivity index (χ2v) is 6.78. The van der Waals surface area contributed by atoms with Crippen LogP contribution in [0.5, 0.6) is 11.5 Å². The quantitative estimate of drug-likeness (QED) is 0.917. The molecule has 1 aromatic carbocycles. The van der Waals surface area contributed by atoms with Gasteiger partial charge in [0.1, 0.15) is 0 Å². The highest BCUT2D eigenvalue weighted by atomic mass is 79.9. The summed E-state index contributed by atoms with van der Waals surface area (Å²) in [6.45, 7) is 3.09. The first kappa shape index (κ1) is 13.7. The van der Waals surface area contributed by atoms with Crippen molar-refractivity contribution in [2.75, 3.05) is 13.2 Å². The molecule has 20 heavy (non-hydrogen) atoms. The lowest BCUT2D eigenvalue weighted by molar-refractivity contribution is -0.141. The van der Waals surface area contributed by atoms with E-state index in [1.807, 2.05) is 12.1 Å². The lowest BCUT2D eigenvalue weighted by Gasteiger charge is -2.13. The fourth-order valence-electron chi connectivity index (χ4n) is 2.39. The highest BCUT2D eigenvalue weighted by Gasteiger charge is 2.46. The largest absolute Gasteiger partial charge is 0.489 e. The molecule has 5 heteroatoms. The Hall–Kier alpha value is -1.23. The monoisotopic (exact) mass is 340 g/mol. The zero-order chi connectivity index (χ0) is 14.3. The summed E-state index contributed by atoms with van der Waals surface area (Å²) in [5, 5.41) is 9.01. The van der Waals surface area contributed by atoms with Crippen molar-refractivity contribution in [3.8, 4) is 11.5 Å². The molecule has 3 rings (SSSR count). The van der Waals surface area contributed by atoms with E-state index in [9.17, 15) is 4.79 Å². The van der Waals surface area contributed by atoms with Gasteiger partial charge in [-0.25, -0.2) is 0 Å². The maximum Gasteiger partial charge on any atom is 0.306 e. The number of carboxylic acids is 1. The Labute approximate surface area is 126 Å². The van der Waals surface area contributed by atoms with Crippen LogP contribution in [0, 0.1) is 11.3 Å². The van der Waals surface area contributed by atoms with Gasteiger partial charge in [-0.1, -0.05) is 6.92 Å². The molecule has 0 amide bonds. The first-order valence-corrected chi connectivity index (χ1v) is 7.59. The molecule has 1 fully saturated rings. The van der Waals surface area contributed by atoms with Crippen molar-refractivity contribution < 1.29 is 19.4 Å². The molecule has 4 nitrogen and oxygen atoms in total. The summed E-state index contributed by atoms with van der Waals surface area (Å²) in [6, 6.07) is 3.83. The Kier molecular flexibility index (Phi) is 3.40. The molecule has 1 heterocycles. The van der Waals surface area contributed by atoms with Crippen molar-refractivity contribution in [3.05, 3.63) is 22.2 Å². The topological polar surface area (TPSA) is 55.8 Å². The Morgan fingerprint density at radius 1 is 1.40 bits per heavy atom. The summed E-state index contributed by atoms with van der Waals surface area (Å²) in [7, 11) is 0. The van der Waals surface area contributed by atoms with Gasteiger partial charge in [-0.05, 0) is 52.9 Å². The number of halogens is 1. The number of carbonyl (C=O) groups is 1. The minimum atomic E-state index is -0.787. The Balaban J connectivity index is 1.84. The predicted octanol–water partition coefficient (Wildman–Crippen LogP) is 3.26. The first-order valence-electron chi connectivity index (χ1n) is 6.80. The summed E-state index contributed by atoms with van der Waals surface area (Å²) in [6.07, 6.45) is 2.79. The molecule has 1 aliphatic heterocycles. The molecule has 1 aliphatic carbocycles. The number of hydrogen-bond donors (Lipinski definition) is 1. The van der Waals surface area contributed by atoms with Gasteiger partial charge < -0.3 is 14.6 Å². The van der Waals surface area contributed by atoms with Crippen LogP contribution in [0.1, 0.15) is 25.3 Å². The smallest absolute Gasteiger partial charge is 0.306 e. The van der Waals surface area contributed by atoms with E-state index in [1.165, 1.54) is 0 Å². The number of carboxylic acid groups (broad SMARTS) is 1. The van der Waals surface area contributed by atoms with E-state index in [-0.39, 0.29) is 5.41 Å². The SMILES string of the molecule is CC(Cc1cc(Br)c2c(c1)OCC1(CC1)CO2)C(=O)O. The number of hydrogen-bond acceptors (Lipinski definition) is 3. The summed E-state index contributed by atoms with van der Waals surface area (Å²) in [4.78, 5) is 11.0. The minimum Gasteiger partial charge on any atom is -0.489 e. The number of ether oxygens (including phenoxy) is 2. The van der Waals surface area contributed by atoms with Crippen molar-refractivity contribution >= 4 is 21.9 Å². The van der Waals surface area contributed by atoms with Crippen molar-refractivity contribution in [2.45, 2.75) is 26.2 Å². The Bertz CT molecular complexity index is 551. The molecule has 1 atom stereocenters. The Morgan fingerprint density at radius 3 is 2.75 bits per heavy atom. The average molecular weight is 341 g/mol. The van der Waals surface area contributed by atoms with E-state index < -0.39 is 11.9 Å². The third-order valence-corrected chi connectivity index (χ3v) is 4.64. The third kappa shape index (κ3) is 2.64. The average Bonchev–Trinajstić information content (AvgIpc) is 3.17. The van der Waals surface area contributed by atoms with E-state index in [0.717, 1.165) is 34.4 Å². The van der Waals surface area contributed by atoms with Crippen molar-refractivity contribution in [1.82, 2.24) is 0 Å². The summed E-state index contributed by atoms with van der Waals surface area (Å²) >= 11 is 3.50. The van der Waals surface area contributed by atoms with Crippen molar-refractivity contribution in [2.24, 2.45) is 11.3 Å². The fourth-order valence-corrected chi connectivity index (χ4v) is 2.99. The van der Waals surface area contributed by atoms with Gasteiger partial charge >= 0.3 is 5.97 Å². The molecule has 1 N–H and O–H groups in total. The fraction of sp³-hybridized carbons (Fsp3) is 0.533. The molecule has 0 bridgehead atoms. The summed E-state index contributed by atoms with van der Waals surface area (Å²) in [5.41, 5.74) is 1.15. The lowest BCUT2D eigenvalue weighted by Crippen LogP contribution is -2.17. The van der Waals surface area contributed by atoms with Crippen LogP contribution in [-0.2, 0) is 11.2 Å². The molecule has 108 valence electrons.